The standard InChI is InChI=1S/C16H14O2/c1-10-17-15-13-8-4-2-6-11(13)12-7-3-5-9-14(12)16(15)18-10/h2-10,15-16H,1H3/t15-,16-/m1/s1. The van der Waals surface area contributed by atoms with E-state index in [1.807, 2.05) is 6.92 Å². The number of rotatable bonds is 0. The summed E-state index contributed by atoms with van der Waals surface area (Å²) >= 11 is 0. The number of fused-ring (bicyclic) bond motifs is 6. The average molecular weight is 238 g/mol. The molecule has 1 aliphatic heterocycles. The van der Waals surface area contributed by atoms with Crippen LogP contribution in [0.1, 0.15) is 30.3 Å². The third-order valence-corrected chi connectivity index (χ3v) is 3.78. The molecule has 90 valence electrons. The molecule has 1 aliphatic carbocycles. The Balaban J connectivity index is 2.00. The predicted octanol–water partition coefficient (Wildman–Crippen LogP) is 3.84. The summed E-state index contributed by atoms with van der Waals surface area (Å²) < 4.78 is 11.9. The second-order valence-electron chi connectivity index (χ2n) is 4.86. The molecule has 0 aromatic heterocycles. The zero-order valence-corrected chi connectivity index (χ0v) is 10.2. The Hall–Kier alpha value is -1.64. The van der Waals surface area contributed by atoms with E-state index in [-0.39, 0.29) is 18.5 Å². The van der Waals surface area contributed by atoms with Gasteiger partial charge in [0, 0.05) is 0 Å². The fourth-order valence-electron chi connectivity index (χ4n) is 3.04. The number of hydrogen-bond acceptors (Lipinski definition) is 2. The molecule has 0 bridgehead atoms. The van der Waals surface area contributed by atoms with E-state index in [0.717, 1.165) is 0 Å². The number of ether oxygens (including phenoxy) is 2. The maximum atomic E-state index is 5.93. The summed E-state index contributed by atoms with van der Waals surface area (Å²) in [6.07, 6.45) is -0.0728. The normalized spacial score (nSPS) is 25.4. The molecule has 0 saturated carbocycles. The predicted molar refractivity (Wildman–Crippen MR) is 69.0 cm³/mol. The van der Waals surface area contributed by atoms with E-state index in [1.165, 1.54) is 22.3 Å². The van der Waals surface area contributed by atoms with Gasteiger partial charge in [0.1, 0.15) is 12.2 Å². The molecule has 2 atom stereocenters. The highest BCUT2D eigenvalue weighted by molar-refractivity contribution is 5.74. The molecule has 1 fully saturated rings. The first-order valence-electron chi connectivity index (χ1n) is 6.34. The number of hydrogen-bond donors (Lipinski definition) is 0. The Bertz CT molecular complexity index is 552. The molecule has 1 heterocycles. The zero-order valence-electron chi connectivity index (χ0n) is 10.2. The highest BCUT2D eigenvalue weighted by Gasteiger charge is 2.41. The lowest BCUT2D eigenvalue weighted by Gasteiger charge is -2.28. The Morgan fingerprint density at radius 1 is 0.722 bits per heavy atom. The summed E-state index contributed by atoms with van der Waals surface area (Å²) in [6.45, 7) is 1.96. The molecule has 2 aromatic rings. The van der Waals surface area contributed by atoms with Gasteiger partial charge in [-0.3, -0.25) is 0 Å². The maximum Gasteiger partial charge on any atom is 0.156 e. The van der Waals surface area contributed by atoms with E-state index in [2.05, 4.69) is 48.5 Å². The molecule has 4 rings (SSSR count). The van der Waals surface area contributed by atoms with Gasteiger partial charge in [0.25, 0.3) is 0 Å². The summed E-state index contributed by atoms with van der Waals surface area (Å²) in [7, 11) is 0. The SMILES string of the molecule is CC1O[C@@H]2c3ccccc3-c3ccccc3[C@H]2O1. The lowest BCUT2D eigenvalue weighted by molar-refractivity contribution is -0.0511. The Labute approximate surface area is 106 Å². The van der Waals surface area contributed by atoms with Crippen LogP contribution in [0.25, 0.3) is 11.1 Å². The molecule has 0 unspecified atom stereocenters. The van der Waals surface area contributed by atoms with Crippen molar-refractivity contribution < 1.29 is 9.47 Å². The Morgan fingerprint density at radius 3 is 1.67 bits per heavy atom. The van der Waals surface area contributed by atoms with Crippen molar-refractivity contribution in [3.05, 3.63) is 59.7 Å². The van der Waals surface area contributed by atoms with Gasteiger partial charge < -0.3 is 9.47 Å². The van der Waals surface area contributed by atoms with Crippen LogP contribution >= 0.6 is 0 Å². The van der Waals surface area contributed by atoms with E-state index >= 15 is 0 Å². The molecule has 2 nitrogen and oxygen atoms in total. The highest BCUT2D eigenvalue weighted by Crippen LogP contribution is 2.51. The van der Waals surface area contributed by atoms with E-state index < -0.39 is 0 Å². The Morgan fingerprint density at radius 2 is 1.17 bits per heavy atom. The Kier molecular flexibility index (Phi) is 2.10. The molecule has 2 heteroatoms. The summed E-state index contributed by atoms with van der Waals surface area (Å²) in [4.78, 5) is 0. The van der Waals surface area contributed by atoms with Crippen molar-refractivity contribution in [2.75, 3.05) is 0 Å². The molecule has 0 spiro atoms. The van der Waals surface area contributed by atoms with E-state index in [1.54, 1.807) is 0 Å². The first kappa shape index (κ1) is 10.3. The monoisotopic (exact) mass is 238 g/mol. The molecule has 1 saturated heterocycles. The minimum atomic E-state index is -0.140. The molecule has 0 amide bonds. The fourth-order valence-corrected chi connectivity index (χ4v) is 3.04. The van der Waals surface area contributed by atoms with Gasteiger partial charge in [-0.05, 0) is 29.2 Å². The second kappa shape index (κ2) is 3.67. The third-order valence-electron chi connectivity index (χ3n) is 3.78. The lowest BCUT2D eigenvalue weighted by atomic mass is 9.82. The van der Waals surface area contributed by atoms with Gasteiger partial charge >= 0.3 is 0 Å². The van der Waals surface area contributed by atoms with Crippen molar-refractivity contribution in [3.63, 3.8) is 0 Å². The van der Waals surface area contributed by atoms with Crippen LogP contribution in [0.4, 0.5) is 0 Å². The van der Waals surface area contributed by atoms with E-state index in [4.69, 9.17) is 9.47 Å². The van der Waals surface area contributed by atoms with Crippen LogP contribution in [-0.4, -0.2) is 6.29 Å². The van der Waals surface area contributed by atoms with Crippen LogP contribution in [0.3, 0.4) is 0 Å². The second-order valence-corrected chi connectivity index (χ2v) is 4.86. The van der Waals surface area contributed by atoms with Crippen LogP contribution < -0.4 is 0 Å². The molecule has 0 radical (unpaired) electrons. The minimum absolute atomic E-state index is 0.0334. The van der Waals surface area contributed by atoms with Crippen molar-refractivity contribution in [3.8, 4) is 11.1 Å². The van der Waals surface area contributed by atoms with Crippen LogP contribution in [0, 0.1) is 0 Å². The first-order chi connectivity index (χ1) is 8.84. The van der Waals surface area contributed by atoms with E-state index in [0.29, 0.717) is 0 Å². The highest BCUT2D eigenvalue weighted by atomic mass is 16.7. The lowest BCUT2D eigenvalue weighted by Crippen LogP contribution is -2.14. The topological polar surface area (TPSA) is 18.5 Å². The van der Waals surface area contributed by atoms with E-state index in [9.17, 15) is 0 Å². The summed E-state index contributed by atoms with van der Waals surface area (Å²) in [5, 5.41) is 0. The summed E-state index contributed by atoms with van der Waals surface area (Å²) in [5.41, 5.74) is 5.02. The van der Waals surface area contributed by atoms with Crippen molar-refractivity contribution in [1.29, 1.82) is 0 Å². The smallest absolute Gasteiger partial charge is 0.156 e. The maximum absolute atomic E-state index is 5.93. The largest absolute Gasteiger partial charge is 0.342 e. The molecular weight excluding hydrogens is 224 g/mol. The van der Waals surface area contributed by atoms with Gasteiger partial charge in [-0.2, -0.15) is 0 Å². The minimum Gasteiger partial charge on any atom is -0.342 e. The van der Waals surface area contributed by atoms with Gasteiger partial charge in [0.05, 0.1) is 0 Å². The van der Waals surface area contributed by atoms with Crippen LogP contribution in [0.2, 0.25) is 0 Å². The molecule has 2 aromatic carbocycles. The van der Waals surface area contributed by atoms with Gasteiger partial charge in [-0.25, -0.2) is 0 Å². The van der Waals surface area contributed by atoms with Crippen LogP contribution in [-0.2, 0) is 9.47 Å². The van der Waals surface area contributed by atoms with Crippen molar-refractivity contribution >= 4 is 0 Å². The van der Waals surface area contributed by atoms with Gasteiger partial charge in [-0.15, -0.1) is 0 Å². The first-order valence-corrected chi connectivity index (χ1v) is 6.34. The molecule has 2 aliphatic rings. The number of benzene rings is 2. The van der Waals surface area contributed by atoms with Crippen LogP contribution in [0.5, 0.6) is 0 Å². The molecule has 0 N–H and O–H groups in total. The van der Waals surface area contributed by atoms with Crippen molar-refractivity contribution in [2.45, 2.75) is 25.4 Å². The summed E-state index contributed by atoms with van der Waals surface area (Å²) in [6, 6.07) is 16.9. The van der Waals surface area contributed by atoms with Crippen LogP contribution in [0.15, 0.2) is 48.5 Å². The van der Waals surface area contributed by atoms with Crippen molar-refractivity contribution in [2.24, 2.45) is 0 Å². The fraction of sp³-hybridized carbons (Fsp3) is 0.250. The molecular formula is C16H14O2. The zero-order chi connectivity index (χ0) is 12.1. The third kappa shape index (κ3) is 1.30. The quantitative estimate of drug-likeness (QED) is 0.694. The van der Waals surface area contributed by atoms with Gasteiger partial charge in [-0.1, -0.05) is 48.5 Å². The van der Waals surface area contributed by atoms with Gasteiger partial charge in [0.15, 0.2) is 6.29 Å². The average Bonchev–Trinajstić information content (AvgIpc) is 2.81. The van der Waals surface area contributed by atoms with Crippen molar-refractivity contribution in [1.82, 2.24) is 0 Å². The molecule has 18 heavy (non-hydrogen) atoms. The van der Waals surface area contributed by atoms with Gasteiger partial charge in [0.2, 0.25) is 0 Å². The summed E-state index contributed by atoms with van der Waals surface area (Å²) in [5.74, 6) is 0.